The van der Waals surface area contributed by atoms with E-state index in [9.17, 15) is 4.79 Å². The fourth-order valence-electron chi connectivity index (χ4n) is 3.39. The third-order valence-electron chi connectivity index (χ3n) is 4.94. The van der Waals surface area contributed by atoms with E-state index in [2.05, 4.69) is 15.1 Å². The van der Waals surface area contributed by atoms with Gasteiger partial charge in [-0.1, -0.05) is 23.7 Å². The van der Waals surface area contributed by atoms with Gasteiger partial charge in [0.2, 0.25) is 0 Å². The van der Waals surface area contributed by atoms with Crippen molar-refractivity contribution < 1.29 is 9.53 Å². The van der Waals surface area contributed by atoms with Gasteiger partial charge in [-0.15, -0.1) is 0 Å². The molecule has 1 aliphatic rings. The first-order valence-electron chi connectivity index (χ1n) is 9.48. The molecule has 0 aliphatic carbocycles. The number of hydrogen-bond donors (Lipinski definition) is 0. The Morgan fingerprint density at radius 3 is 2.66 bits per heavy atom. The molecule has 0 bridgehead atoms. The lowest BCUT2D eigenvalue weighted by atomic mass is 10.2. The number of piperazine rings is 1. The maximum Gasteiger partial charge on any atom is 0.272 e. The zero-order chi connectivity index (χ0) is 20.2. The molecule has 2 aromatic heterocycles. The van der Waals surface area contributed by atoms with Crippen molar-refractivity contribution in [1.82, 2.24) is 29.4 Å². The van der Waals surface area contributed by atoms with Gasteiger partial charge in [0.1, 0.15) is 11.4 Å². The number of carbonyl (C=O) groups is 1. The quantitative estimate of drug-likeness (QED) is 0.619. The van der Waals surface area contributed by atoms with Gasteiger partial charge < -0.3 is 9.64 Å². The normalized spacial score (nSPS) is 14.9. The van der Waals surface area contributed by atoms with Crippen molar-refractivity contribution in [2.45, 2.75) is 13.3 Å². The number of rotatable bonds is 6. The Morgan fingerprint density at radius 2 is 1.93 bits per heavy atom. The summed E-state index contributed by atoms with van der Waals surface area (Å²) < 4.78 is 9.10. The Hall–Kier alpha value is -2.84. The number of benzene rings is 1. The lowest BCUT2D eigenvalue weighted by Gasteiger charge is -2.34. The van der Waals surface area contributed by atoms with Crippen LogP contribution in [-0.4, -0.2) is 61.4 Å². The fourth-order valence-corrected chi connectivity index (χ4v) is 3.58. The van der Waals surface area contributed by atoms with Crippen LogP contribution in [0.2, 0.25) is 5.02 Å². The van der Waals surface area contributed by atoms with Gasteiger partial charge in [-0.25, -0.2) is 4.68 Å². The van der Waals surface area contributed by atoms with E-state index in [0.29, 0.717) is 29.6 Å². The molecular formula is C20H23ClN6O2. The van der Waals surface area contributed by atoms with E-state index in [1.54, 1.807) is 33.8 Å². The van der Waals surface area contributed by atoms with Crippen molar-refractivity contribution in [3.8, 4) is 5.75 Å². The van der Waals surface area contributed by atoms with E-state index in [4.69, 9.17) is 16.3 Å². The lowest BCUT2D eigenvalue weighted by molar-refractivity contribution is 0.0607. The van der Waals surface area contributed by atoms with E-state index in [1.807, 2.05) is 36.5 Å². The molecule has 0 atom stereocenters. The second-order valence-corrected chi connectivity index (χ2v) is 7.42. The van der Waals surface area contributed by atoms with Gasteiger partial charge in [0.05, 0.1) is 11.2 Å². The third kappa shape index (κ3) is 4.60. The highest BCUT2D eigenvalue weighted by molar-refractivity contribution is 6.32. The molecule has 8 nitrogen and oxygen atoms in total. The Morgan fingerprint density at radius 1 is 1.14 bits per heavy atom. The molecule has 29 heavy (non-hydrogen) atoms. The molecule has 1 amide bonds. The van der Waals surface area contributed by atoms with E-state index in [-0.39, 0.29) is 12.6 Å². The smallest absolute Gasteiger partial charge is 0.272 e. The summed E-state index contributed by atoms with van der Waals surface area (Å²) in [5.74, 6) is 0.526. The molecule has 4 rings (SSSR count). The van der Waals surface area contributed by atoms with Crippen molar-refractivity contribution in [2.24, 2.45) is 7.05 Å². The summed E-state index contributed by atoms with van der Waals surface area (Å²) in [6.07, 6.45) is 5.52. The highest BCUT2D eigenvalue weighted by Gasteiger charge is 2.24. The molecular weight excluding hydrogens is 392 g/mol. The van der Waals surface area contributed by atoms with Crippen molar-refractivity contribution >= 4 is 17.5 Å². The fraction of sp³-hybridized carbons (Fsp3) is 0.350. The summed E-state index contributed by atoms with van der Waals surface area (Å²) in [6.45, 7) is 3.97. The maximum absolute atomic E-state index is 13.0. The van der Waals surface area contributed by atoms with Crippen LogP contribution in [0.1, 0.15) is 16.1 Å². The first-order valence-corrected chi connectivity index (χ1v) is 9.86. The van der Waals surface area contributed by atoms with Crippen LogP contribution in [0.5, 0.6) is 5.75 Å². The summed E-state index contributed by atoms with van der Waals surface area (Å²) in [5, 5.41) is 8.97. The van der Waals surface area contributed by atoms with Crippen LogP contribution in [0.3, 0.4) is 0 Å². The Labute approximate surface area is 174 Å². The van der Waals surface area contributed by atoms with Crippen molar-refractivity contribution in [3.63, 3.8) is 0 Å². The number of aryl methyl sites for hydroxylation is 1. The number of hydrogen-bond acceptors (Lipinski definition) is 5. The topological polar surface area (TPSA) is 68.4 Å². The van der Waals surface area contributed by atoms with E-state index >= 15 is 0 Å². The minimum Gasteiger partial charge on any atom is -0.470 e. The minimum atomic E-state index is -0.0358. The number of amides is 1. The molecule has 0 saturated carbocycles. The van der Waals surface area contributed by atoms with Crippen LogP contribution in [0, 0.1) is 0 Å². The number of ether oxygens (including phenoxy) is 1. The van der Waals surface area contributed by atoms with Gasteiger partial charge in [-0.2, -0.15) is 10.2 Å². The number of para-hydroxylation sites is 1. The maximum atomic E-state index is 13.0. The number of halogens is 1. The molecule has 9 heteroatoms. The summed E-state index contributed by atoms with van der Waals surface area (Å²) in [6, 6.07) is 8.96. The standard InChI is InChI=1S/C20H23ClN6O2/c1-24-13-16(12-23-24)14-25-8-10-26(11-9-25)20(28)18-6-7-22-27(18)15-29-19-5-3-2-4-17(19)21/h2-7,12-13H,8-11,14-15H2,1H3. The molecule has 1 aromatic carbocycles. The first-order chi connectivity index (χ1) is 14.1. The predicted molar refractivity (Wildman–Crippen MR) is 109 cm³/mol. The summed E-state index contributed by atoms with van der Waals surface area (Å²) in [7, 11) is 1.92. The average Bonchev–Trinajstić information content (AvgIpc) is 3.36. The summed E-state index contributed by atoms with van der Waals surface area (Å²) >= 11 is 6.12. The molecule has 0 unspecified atom stereocenters. The zero-order valence-electron chi connectivity index (χ0n) is 16.2. The van der Waals surface area contributed by atoms with E-state index in [1.165, 1.54) is 5.56 Å². The Bertz CT molecular complexity index is 977. The zero-order valence-corrected chi connectivity index (χ0v) is 17.0. The van der Waals surface area contributed by atoms with Crippen LogP contribution >= 0.6 is 11.6 Å². The summed E-state index contributed by atoms with van der Waals surface area (Å²) in [4.78, 5) is 17.2. The monoisotopic (exact) mass is 414 g/mol. The molecule has 3 heterocycles. The number of carbonyl (C=O) groups excluding carboxylic acids is 1. The van der Waals surface area contributed by atoms with E-state index < -0.39 is 0 Å². The van der Waals surface area contributed by atoms with Crippen molar-refractivity contribution in [2.75, 3.05) is 26.2 Å². The van der Waals surface area contributed by atoms with Gasteiger partial charge in [0.15, 0.2) is 6.73 Å². The van der Waals surface area contributed by atoms with Crippen LogP contribution < -0.4 is 4.74 Å². The molecule has 0 radical (unpaired) electrons. The van der Waals surface area contributed by atoms with Crippen LogP contribution in [0.25, 0.3) is 0 Å². The van der Waals surface area contributed by atoms with Crippen molar-refractivity contribution in [1.29, 1.82) is 0 Å². The van der Waals surface area contributed by atoms with Gasteiger partial charge in [0, 0.05) is 57.7 Å². The molecule has 1 fully saturated rings. The average molecular weight is 415 g/mol. The first kappa shape index (κ1) is 19.5. The van der Waals surface area contributed by atoms with Gasteiger partial charge in [-0.05, 0) is 18.2 Å². The lowest BCUT2D eigenvalue weighted by Crippen LogP contribution is -2.48. The molecule has 3 aromatic rings. The summed E-state index contributed by atoms with van der Waals surface area (Å²) in [5.41, 5.74) is 1.69. The molecule has 152 valence electrons. The number of aromatic nitrogens is 4. The number of nitrogens with zero attached hydrogens (tertiary/aromatic N) is 6. The van der Waals surface area contributed by atoms with Gasteiger partial charge in [-0.3, -0.25) is 14.4 Å². The minimum absolute atomic E-state index is 0.0358. The predicted octanol–water partition coefficient (Wildman–Crippen LogP) is 2.26. The van der Waals surface area contributed by atoms with Crippen LogP contribution in [0.15, 0.2) is 48.9 Å². The Kier molecular flexibility index (Phi) is 5.82. The Balaban J connectivity index is 1.33. The molecule has 1 saturated heterocycles. The third-order valence-corrected chi connectivity index (χ3v) is 5.25. The largest absolute Gasteiger partial charge is 0.470 e. The van der Waals surface area contributed by atoms with Crippen LogP contribution in [-0.2, 0) is 20.3 Å². The molecule has 0 spiro atoms. The van der Waals surface area contributed by atoms with Crippen molar-refractivity contribution in [3.05, 3.63) is 65.2 Å². The molecule has 0 N–H and O–H groups in total. The SMILES string of the molecule is Cn1cc(CN2CCN(C(=O)c3ccnn3COc3ccccc3Cl)CC2)cn1. The second kappa shape index (κ2) is 8.67. The highest BCUT2D eigenvalue weighted by atomic mass is 35.5. The molecule has 1 aliphatic heterocycles. The van der Waals surface area contributed by atoms with Gasteiger partial charge in [0.25, 0.3) is 5.91 Å². The van der Waals surface area contributed by atoms with Crippen LogP contribution in [0.4, 0.5) is 0 Å². The highest BCUT2D eigenvalue weighted by Crippen LogP contribution is 2.23. The van der Waals surface area contributed by atoms with Gasteiger partial charge >= 0.3 is 0 Å². The van der Waals surface area contributed by atoms with E-state index in [0.717, 1.165) is 19.6 Å². The second-order valence-electron chi connectivity index (χ2n) is 7.01.